The lowest BCUT2D eigenvalue weighted by atomic mass is 10.4. The van der Waals surface area contributed by atoms with E-state index in [0.717, 1.165) is 5.06 Å². The molecular formula is C8H10N2O3. The van der Waals surface area contributed by atoms with Gasteiger partial charge in [-0.25, -0.2) is 4.98 Å². The molecule has 13 heavy (non-hydrogen) atoms. The van der Waals surface area contributed by atoms with Gasteiger partial charge in [0.2, 0.25) is 5.88 Å². The molecule has 0 radical (unpaired) electrons. The number of anilines is 1. The molecule has 0 aliphatic rings. The van der Waals surface area contributed by atoms with Crippen LogP contribution < -0.4 is 9.80 Å². The SMILES string of the molecule is CN(O)c1ccc(OCC=O)nc1. The smallest absolute Gasteiger partial charge is 0.213 e. The topological polar surface area (TPSA) is 62.7 Å². The Labute approximate surface area is 75.5 Å². The number of carbonyl (C=O) groups is 1. The molecule has 0 atom stereocenters. The molecule has 0 amide bonds. The number of carbonyl (C=O) groups excluding carboxylic acids is 1. The summed E-state index contributed by atoms with van der Waals surface area (Å²) in [5.74, 6) is 0.359. The molecule has 0 aliphatic heterocycles. The molecule has 70 valence electrons. The van der Waals surface area contributed by atoms with Crippen molar-refractivity contribution in [1.29, 1.82) is 0 Å². The van der Waals surface area contributed by atoms with E-state index in [1.54, 1.807) is 12.1 Å². The molecule has 1 aromatic rings. The van der Waals surface area contributed by atoms with Crippen LogP contribution in [-0.4, -0.2) is 30.1 Å². The predicted molar refractivity (Wildman–Crippen MR) is 46.0 cm³/mol. The van der Waals surface area contributed by atoms with Gasteiger partial charge in [0.1, 0.15) is 6.61 Å². The second-order valence-corrected chi connectivity index (χ2v) is 2.36. The summed E-state index contributed by atoms with van der Waals surface area (Å²) in [6.07, 6.45) is 2.09. The zero-order valence-corrected chi connectivity index (χ0v) is 7.17. The minimum absolute atomic E-state index is 0.0126. The molecular weight excluding hydrogens is 172 g/mol. The van der Waals surface area contributed by atoms with Crippen molar-refractivity contribution in [3.05, 3.63) is 18.3 Å². The zero-order chi connectivity index (χ0) is 9.68. The molecule has 1 aromatic heterocycles. The molecule has 0 unspecified atom stereocenters. The number of ether oxygens (including phenoxy) is 1. The maximum Gasteiger partial charge on any atom is 0.213 e. The van der Waals surface area contributed by atoms with Crippen molar-refractivity contribution in [2.24, 2.45) is 0 Å². The minimum Gasteiger partial charge on any atom is -0.470 e. The van der Waals surface area contributed by atoms with Gasteiger partial charge in [-0.05, 0) is 6.07 Å². The van der Waals surface area contributed by atoms with Crippen molar-refractivity contribution in [3.63, 3.8) is 0 Å². The summed E-state index contributed by atoms with van der Waals surface area (Å²) >= 11 is 0. The summed E-state index contributed by atoms with van der Waals surface area (Å²) < 4.78 is 4.91. The third kappa shape index (κ3) is 2.72. The van der Waals surface area contributed by atoms with E-state index in [4.69, 9.17) is 9.94 Å². The number of pyridine rings is 1. The van der Waals surface area contributed by atoms with Crippen LogP contribution in [0.5, 0.6) is 5.88 Å². The Bertz CT molecular complexity index is 271. The Morgan fingerprint density at radius 3 is 2.92 bits per heavy atom. The van der Waals surface area contributed by atoms with Crippen LogP contribution in [0.4, 0.5) is 5.69 Å². The summed E-state index contributed by atoms with van der Waals surface area (Å²) in [5.41, 5.74) is 0.554. The van der Waals surface area contributed by atoms with Crippen LogP contribution in [0.1, 0.15) is 0 Å². The second-order valence-electron chi connectivity index (χ2n) is 2.36. The molecule has 5 nitrogen and oxygen atoms in total. The Balaban J connectivity index is 2.64. The summed E-state index contributed by atoms with van der Waals surface area (Å²) in [5, 5.41) is 9.93. The van der Waals surface area contributed by atoms with E-state index in [1.165, 1.54) is 13.2 Å². The number of hydrogen-bond donors (Lipinski definition) is 1. The highest BCUT2D eigenvalue weighted by molar-refractivity contribution is 5.51. The summed E-state index contributed by atoms with van der Waals surface area (Å²) in [6, 6.07) is 3.21. The highest BCUT2D eigenvalue weighted by atomic mass is 16.5. The molecule has 0 saturated heterocycles. The van der Waals surface area contributed by atoms with Crippen LogP contribution in [0.25, 0.3) is 0 Å². The van der Waals surface area contributed by atoms with E-state index in [9.17, 15) is 4.79 Å². The van der Waals surface area contributed by atoms with Crippen LogP contribution >= 0.6 is 0 Å². The molecule has 0 aliphatic carbocycles. The normalized spacial score (nSPS) is 9.38. The van der Waals surface area contributed by atoms with Crippen LogP contribution in [0.3, 0.4) is 0 Å². The van der Waals surface area contributed by atoms with Crippen molar-refractivity contribution in [1.82, 2.24) is 4.98 Å². The molecule has 5 heteroatoms. The average molecular weight is 182 g/mol. The molecule has 0 aromatic carbocycles. The molecule has 0 fully saturated rings. The number of hydroxylamine groups is 1. The first-order valence-corrected chi connectivity index (χ1v) is 3.69. The molecule has 0 bridgehead atoms. The molecule has 1 N–H and O–H groups in total. The minimum atomic E-state index is -0.0126. The van der Waals surface area contributed by atoms with E-state index in [-0.39, 0.29) is 6.61 Å². The number of nitrogens with zero attached hydrogens (tertiary/aromatic N) is 2. The monoisotopic (exact) mass is 182 g/mol. The van der Waals surface area contributed by atoms with Gasteiger partial charge < -0.3 is 4.74 Å². The number of hydrogen-bond acceptors (Lipinski definition) is 5. The van der Waals surface area contributed by atoms with Crippen molar-refractivity contribution in [3.8, 4) is 5.88 Å². The Morgan fingerprint density at radius 1 is 1.69 bits per heavy atom. The van der Waals surface area contributed by atoms with E-state index >= 15 is 0 Å². The zero-order valence-electron chi connectivity index (χ0n) is 7.17. The molecule has 1 rings (SSSR count). The second kappa shape index (κ2) is 4.42. The van der Waals surface area contributed by atoms with Crippen molar-refractivity contribution < 1.29 is 14.7 Å². The van der Waals surface area contributed by atoms with Gasteiger partial charge in [0.25, 0.3) is 0 Å². The largest absolute Gasteiger partial charge is 0.470 e. The first-order chi connectivity index (χ1) is 6.24. The van der Waals surface area contributed by atoms with Gasteiger partial charge in [0.15, 0.2) is 6.29 Å². The summed E-state index contributed by atoms with van der Waals surface area (Å²) in [7, 11) is 1.49. The van der Waals surface area contributed by atoms with Crippen molar-refractivity contribution in [2.75, 3.05) is 18.7 Å². The molecule has 1 heterocycles. The first-order valence-electron chi connectivity index (χ1n) is 3.69. The lowest BCUT2D eigenvalue weighted by Gasteiger charge is -2.09. The standard InChI is InChI=1S/C8H10N2O3/c1-10(12)7-2-3-8(9-6-7)13-5-4-11/h2-4,6,12H,5H2,1H3. The van der Waals surface area contributed by atoms with Gasteiger partial charge in [0, 0.05) is 13.1 Å². The maximum absolute atomic E-state index is 9.95. The fourth-order valence-corrected chi connectivity index (χ4v) is 0.769. The van der Waals surface area contributed by atoms with Crippen molar-refractivity contribution in [2.45, 2.75) is 0 Å². The van der Waals surface area contributed by atoms with E-state index < -0.39 is 0 Å². The van der Waals surface area contributed by atoms with Crippen LogP contribution in [0, 0.1) is 0 Å². The van der Waals surface area contributed by atoms with Gasteiger partial charge >= 0.3 is 0 Å². The van der Waals surface area contributed by atoms with E-state index in [2.05, 4.69) is 4.98 Å². The third-order valence-corrected chi connectivity index (χ3v) is 1.39. The third-order valence-electron chi connectivity index (χ3n) is 1.39. The van der Waals surface area contributed by atoms with Gasteiger partial charge in [-0.2, -0.15) is 0 Å². The van der Waals surface area contributed by atoms with Crippen LogP contribution in [0.15, 0.2) is 18.3 Å². The fourth-order valence-electron chi connectivity index (χ4n) is 0.769. The average Bonchev–Trinajstić information content (AvgIpc) is 2.15. The lowest BCUT2D eigenvalue weighted by molar-refractivity contribution is -0.109. The Kier molecular flexibility index (Phi) is 3.22. The van der Waals surface area contributed by atoms with Gasteiger partial charge in [0.05, 0.1) is 11.9 Å². The first kappa shape index (κ1) is 9.47. The summed E-state index contributed by atoms with van der Waals surface area (Å²) in [6.45, 7) is -0.0126. The van der Waals surface area contributed by atoms with Crippen LogP contribution in [0.2, 0.25) is 0 Å². The predicted octanol–water partition coefficient (Wildman–Crippen LogP) is 0.485. The number of aromatic nitrogens is 1. The highest BCUT2D eigenvalue weighted by Crippen LogP contribution is 2.12. The Morgan fingerprint density at radius 2 is 2.46 bits per heavy atom. The van der Waals surface area contributed by atoms with Crippen LogP contribution in [-0.2, 0) is 4.79 Å². The van der Waals surface area contributed by atoms with E-state index in [0.29, 0.717) is 17.9 Å². The van der Waals surface area contributed by atoms with Gasteiger partial charge in [-0.1, -0.05) is 0 Å². The van der Waals surface area contributed by atoms with E-state index in [1.807, 2.05) is 0 Å². The lowest BCUT2D eigenvalue weighted by Crippen LogP contribution is -2.10. The van der Waals surface area contributed by atoms with Gasteiger partial charge in [-0.15, -0.1) is 0 Å². The summed E-state index contributed by atoms with van der Waals surface area (Å²) in [4.78, 5) is 13.8. The van der Waals surface area contributed by atoms with Crippen molar-refractivity contribution >= 4 is 12.0 Å². The molecule has 0 spiro atoms. The number of rotatable bonds is 4. The fraction of sp³-hybridized carbons (Fsp3) is 0.250. The number of aldehydes is 1. The highest BCUT2D eigenvalue weighted by Gasteiger charge is 1.98. The quantitative estimate of drug-likeness (QED) is 0.542. The maximum atomic E-state index is 9.95. The molecule has 0 saturated carbocycles. The van der Waals surface area contributed by atoms with Gasteiger partial charge in [-0.3, -0.25) is 15.1 Å². The Hall–Kier alpha value is -1.62.